The molecule has 0 spiro atoms. The lowest BCUT2D eigenvalue weighted by molar-refractivity contribution is -0.140. The van der Waals surface area contributed by atoms with Crippen LogP contribution in [0.4, 0.5) is 11.6 Å². The van der Waals surface area contributed by atoms with Gasteiger partial charge < -0.3 is 19.0 Å². The Balaban J connectivity index is 1.13. The summed E-state index contributed by atoms with van der Waals surface area (Å²) >= 11 is 0. The lowest BCUT2D eigenvalue weighted by Crippen LogP contribution is -2.49. The molecule has 2 aliphatic heterocycles. The quantitative estimate of drug-likeness (QED) is 0.336. The normalized spacial score (nSPS) is 17.4. The molecule has 0 atom stereocenters. The van der Waals surface area contributed by atoms with E-state index in [0.29, 0.717) is 32.1 Å². The summed E-state index contributed by atoms with van der Waals surface area (Å²) in [6, 6.07) is 5.98. The van der Waals surface area contributed by atoms with E-state index in [9.17, 15) is 13.2 Å². The summed E-state index contributed by atoms with van der Waals surface area (Å²) in [5.41, 5.74) is 3.75. The molecule has 0 amide bonds. The molecular formula is C28H38N6O5S. The fourth-order valence-electron chi connectivity index (χ4n) is 5.43. The van der Waals surface area contributed by atoms with E-state index in [0.717, 1.165) is 73.8 Å². The number of carbonyl (C=O) groups is 1. The van der Waals surface area contributed by atoms with Crippen LogP contribution in [0.5, 0.6) is 0 Å². The van der Waals surface area contributed by atoms with Gasteiger partial charge in [-0.25, -0.2) is 23.4 Å². The van der Waals surface area contributed by atoms with Crippen molar-refractivity contribution in [2.24, 2.45) is 5.92 Å². The molecule has 1 aromatic carbocycles. The van der Waals surface area contributed by atoms with Crippen LogP contribution in [-0.2, 0) is 32.4 Å². The van der Waals surface area contributed by atoms with E-state index < -0.39 is 16.0 Å². The minimum atomic E-state index is -3.50. The van der Waals surface area contributed by atoms with Gasteiger partial charge in [-0.1, -0.05) is 13.3 Å². The molecule has 2 saturated heterocycles. The highest BCUT2D eigenvalue weighted by Gasteiger charge is 2.28. The Morgan fingerprint density at radius 3 is 2.45 bits per heavy atom. The number of methoxy groups -OCH3 is 1. The third kappa shape index (κ3) is 6.72. The van der Waals surface area contributed by atoms with E-state index in [1.807, 2.05) is 30.6 Å². The van der Waals surface area contributed by atoms with Gasteiger partial charge in [0.25, 0.3) is 0 Å². The van der Waals surface area contributed by atoms with E-state index in [-0.39, 0.29) is 12.2 Å². The SMILES string of the molecule is CCCc1cnc(N2CCC(Cc3nc4ccc(N5CCN(S(=O)(=O)CCC(=O)OC)CC5)cc4o3)CC2)nc1. The number of benzene rings is 1. The maximum absolute atomic E-state index is 12.6. The van der Waals surface area contributed by atoms with E-state index in [4.69, 9.17) is 9.40 Å². The third-order valence-corrected chi connectivity index (χ3v) is 9.67. The molecule has 2 fully saturated rings. The first-order valence-corrected chi connectivity index (χ1v) is 15.7. The van der Waals surface area contributed by atoms with Gasteiger partial charge in [0.15, 0.2) is 11.5 Å². The standard InChI is InChI=1S/C28H38N6O5S/c1-3-4-22-19-29-28(30-20-22)33-10-7-21(8-11-33)17-26-31-24-6-5-23(18-25(24)39-26)32-12-14-34(15-13-32)40(36,37)16-9-27(35)38-2/h5-6,18-21H,3-4,7-17H2,1-2H3. The zero-order valence-corrected chi connectivity index (χ0v) is 24.1. The van der Waals surface area contributed by atoms with Crippen LogP contribution in [0.3, 0.4) is 0 Å². The van der Waals surface area contributed by atoms with E-state index >= 15 is 0 Å². The van der Waals surface area contributed by atoms with Gasteiger partial charge in [0, 0.05) is 69.8 Å². The molecular weight excluding hydrogens is 532 g/mol. The minimum Gasteiger partial charge on any atom is -0.469 e. The molecule has 216 valence electrons. The molecule has 0 radical (unpaired) electrons. The van der Waals surface area contributed by atoms with Crippen molar-refractivity contribution in [1.29, 1.82) is 0 Å². The molecule has 0 saturated carbocycles. The van der Waals surface area contributed by atoms with Crippen LogP contribution in [0.1, 0.15) is 44.1 Å². The molecule has 0 bridgehead atoms. The fourth-order valence-corrected chi connectivity index (χ4v) is 6.83. The summed E-state index contributed by atoms with van der Waals surface area (Å²) in [7, 11) is -2.24. The first-order chi connectivity index (χ1) is 19.3. The number of piperidine rings is 1. The first-order valence-electron chi connectivity index (χ1n) is 14.1. The number of ether oxygens (including phenoxy) is 1. The smallest absolute Gasteiger partial charge is 0.306 e. The zero-order valence-electron chi connectivity index (χ0n) is 23.3. The highest BCUT2D eigenvalue weighted by molar-refractivity contribution is 7.89. The van der Waals surface area contributed by atoms with Gasteiger partial charge in [0.1, 0.15) is 5.52 Å². The summed E-state index contributed by atoms with van der Waals surface area (Å²) in [5.74, 6) is 1.32. The maximum atomic E-state index is 12.6. The predicted molar refractivity (Wildman–Crippen MR) is 153 cm³/mol. The monoisotopic (exact) mass is 570 g/mol. The summed E-state index contributed by atoms with van der Waals surface area (Å²) < 4.78 is 37.4. The average molecular weight is 571 g/mol. The van der Waals surface area contributed by atoms with Gasteiger partial charge in [0.05, 0.1) is 19.3 Å². The molecule has 4 heterocycles. The van der Waals surface area contributed by atoms with Crippen LogP contribution >= 0.6 is 0 Å². The van der Waals surface area contributed by atoms with Crippen molar-refractivity contribution in [3.8, 4) is 0 Å². The molecule has 11 nitrogen and oxygen atoms in total. The van der Waals surface area contributed by atoms with E-state index in [1.54, 1.807) is 0 Å². The molecule has 0 unspecified atom stereocenters. The van der Waals surface area contributed by atoms with Crippen LogP contribution < -0.4 is 9.80 Å². The summed E-state index contributed by atoms with van der Waals surface area (Å²) in [4.78, 5) is 29.6. The Hall–Kier alpha value is -3.25. The van der Waals surface area contributed by atoms with Gasteiger partial charge in [-0.2, -0.15) is 4.31 Å². The molecule has 12 heteroatoms. The Morgan fingerprint density at radius 1 is 1.05 bits per heavy atom. The summed E-state index contributed by atoms with van der Waals surface area (Å²) in [6.45, 7) is 5.87. The lowest BCUT2D eigenvalue weighted by Gasteiger charge is -2.35. The topological polar surface area (TPSA) is 122 Å². The number of anilines is 2. The maximum Gasteiger partial charge on any atom is 0.306 e. The Labute approximate surface area is 235 Å². The summed E-state index contributed by atoms with van der Waals surface area (Å²) in [5, 5.41) is 0. The van der Waals surface area contributed by atoms with Crippen LogP contribution in [0.2, 0.25) is 0 Å². The number of rotatable bonds is 10. The predicted octanol–water partition coefficient (Wildman–Crippen LogP) is 3.04. The second-order valence-electron chi connectivity index (χ2n) is 10.6. The molecule has 5 rings (SSSR count). The zero-order chi connectivity index (χ0) is 28.1. The lowest BCUT2D eigenvalue weighted by atomic mass is 9.94. The molecule has 0 aliphatic carbocycles. The number of nitrogens with zero attached hydrogens (tertiary/aromatic N) is 6. The van der Waals surface area contributed by atoms with Gasteiger partial charge in [0.2, 0.25) is 16.0 Å². The van der Waals surface area contributed by atoms with Crippen molar-refractivity contribution in [3.63, 3.8) is 0 Å². The second-order valence-corrected chi connectivity index (χ2v) is 12.7. The van der Waals surface area contributed by atoms with Crippen LogP contribution in [0, 0.1) is 5.92 Å². The van der Waals surface area contributed by atoms with Gasteiger partial charge in [-0.3, -0.25) is 4.79 Å². The highest BCUT2D eigenvalue weighted by Crippen LogP contribution is 2.28. The van der Waals surface area contributed by atoms with Crippen LogP contribution in [0.25, 0.3) is 11.1 Å². The van der Waals surface area contributed by atoms with Gasteiger partial charge in [-0.05, 0) is 42.9 Å². The van der Waals surface area contributed by atoms with Crippen molar-refractivity contribution in [1.82, 2.24) is 19.3 Å². The number of aromatic nitrogens is 3. The van der Waals surface area contributed by atoms with Crippen molar-refractivity contribution < 1.29 is 22.4 Å². The number of oxazole rings is 1. The number of aryl methyl sites for hydroxylation is 1. The number of piperazine rings is 1. The second kappa shape index (κ2) is 12.5. The number of sulfonamides is 1. The Morgan fingerprint density at radius 2 is 1.77 bits per heavy atom. The number of fused-ring (bicyclic) bond motifs is 1. The minimum absolute atomic E-state index is 0.135. The Kier molecular flexibility index (Phi) is 8.84. The number of hydrogen-bond acceptors (Lipinski definition) is 10. The van der Waals surface area contributed by atoms with Crippen molar-refractivity contribution in [2.75, 3.05) is 61.9 Å². The van der Waals surface area contributed by atoms with Crippen molar-refractivity contribution in [2.45, 2.75) is 45.4 Å². The Bertz CT molecular complexity index is 1390. The third-order valence-electron chi connectivity index (χ3n) is 7.80. The molecule has 2 aliphatic rings. The average Bonchev–Trinajstić information content (AvgIpc) is 3.38. The number of esters is 1. The van der Waals surface area contributed by atoms with Crippen molar-refractivity contribution >= 4 is 38.7 Å². The summed E-state index contributed by atoms with van der Waals surface area (Å²) in [6.07, 6.45) is 8.73. The molecule has 0 N–H and O–H groups in total. The van der Waals surface area contributed by atoms with Gasteiger partial charge in [-0.15, -0.1) is 0 Å². The highest BCUT2D eigenvalue weighted by atomic mass is 32.2. The molecule has 3 aromatic rings. The fraction of sp³-hybridized carbons (Fsp3) is 0.571. The van der Waals surface area contributed by atoms with Crippen LogP contribution in [-0.4, -0.2) is 85.8 Å². The number of hydrogen-bond donors (Lipinski definition) is 0. The van der Waals surface area contributed by atoms with E-state index in [1.165, 1.54) is 17.0 Å². The molecule has 40 heavy (non-hydrogen) atoms. The van der Waals surface area contributed by atoms with E-state index in [2.05, 4.69) is 31.4 Å². The van der Waals surface area contributed by atoms with Crippen LogP contribution in [0.15, 0.2) is 35.0 Å². The number of carbonyl (C=O) groups excluding carboxylic acids is 1. The first kappa shape index (κ1) is 28.3. The van der Waals surface area contributed by atoms with Crippen molar-refractivity contribution in [3.05, 3.63) is 42.0 Å². The van der Waals surface area contributed by atoms with Gasteiger partial charge >= 0.3 is 5.97 Å². The molecule has 2 aromatic heterocycles. The largest absolute Gasteiger partial charge is 0.469 e.